The summed E-state index contributed by atoms with van der Waals surface area (Å²) in [6, 6.07) is 11.9. The molecule has 5 rings (SSSR count). The van der Waals surface area contributed by atoms with Gasteiger partial charge in [0.15, 0.2) is 0 Å². The first-order valence-corrected chi connectivity index (χ1v) is 13.8. The number of amides is 4. The maximum atomic E-state index is 13.6. The summed E-state index contributed by atoms with van der Waals surface area (Å²) in [4.78, 5) is 46.9. The fourth-order valence-electron chi connectivity index (χ4n) is 5.51. The van der Waals surface area contributed by atoms with Gasteiger partial charge in [0.2, 0.25) is 5.91 Å². The quantitative estimate of drug-likeness (QED) is 0.544. The summed E-state index contributed by atoms with van der Waals surface area (Å²) in [6.07, 6.45) is 0.209. The van der Waals surface area contributed by atoms with Crippen molar-refractivity contribution in [2.75, 3.05) is 57.8 Å². The van der Waals surface area contributed by atoms with Crippen LogP contribution in [0, 0.1) is 0 Å². The Bertz CT molecular complexity index is 1320. The number of halogens is 2. The molecule has 1 atom stereocenters. The molecule has 1 unspecified atom stereocenters. The second kappa shape index (κ2) is 11.4. The maximum Gasteiger partial charge on any atom is 0.322 e. The van der Waals surface area contributed by atoms with E-state index in [0.717, 1.165) is 11.4 Å². The van der Waals surface area contributed by atoms with Crippen molar-refractivity contribution in [3.8, 4) is 5.75 Å². The highest BCUT2D eigenvalue weighted by molar-refractivity contribution is 6.35. The zero-order valence-corrected chi connectivity index (χ0v) is 23.5. The summed E-state index contributed by atoms with van der Waals surface area (Å²) in [6.45, 7) is 5.41. The van der Waals surface area contributed by atoms with Gasteiger partial charge in [-0.3, -0.25) is 14.5 Å². The molecule has 0 aromatic heterocycles. The van der Waals surface area contributed by atoms with Gasteiger partial charge in [-0.25, -0.2) is 4.79 Å². The number of anilines is 1. The van der Waals surface area contributed by atoms with Gasteiger partial charge in [0.25, 0.3) is 5.91 Å². The van der Waals surface area contributed by atoms with Crippen LogP contribution in [0.2, 0.25) is 10.0 Å². The van der Waals surface area contributed by atoms with E-state index >= 15 is 0 Å². The van der Waals surface area contributed by atoms with E-state index in [1.54, 1.807) is 35.1 Å². The summed E-state index contributed by atoms with van der Waals surface area (Å²) in [5.41, 5.74) is 2.76. The van der Waals surface area contributed by atoms with Gasteiger partial charge >= 0.3 is 6.03 Å². The maximum absolute atomic E-state index is 13.6. The lowest BCUT2D eigenvalue weighted by molar-refractivity contribution is -0.132. The molecule has 1 N–H and O–H groups in total. The van der Waals surface area contributed by atoms with Crippen molar-refractivity contribution >= 4 is 46.7 Å². The molecule has 9 nitrogen and oxygen atoms in total. The molecule has 39 heavy (non-hydrogen) atoms. The van der Waals surface area contributed by atoms with Crippen molar-refractivity contribution in [1.29, 1.82) is 0 Å². The largest absolute Gasteiger partial charge is 0.495 e. The Kier molecular flexibility index (Phi) is 7.91. The number of carbonyl (C=O) groups is 3. The Labute approximate surface area is 237 Å². The van der Waals surface area contributed by atoms with E-state index in [0.29, 0.717) is 59.6 Å². The first-order chi connectivity index (χ1) is 18.8. The van der Waals surface area contributed by atoms with Crippen molar-refractivity contribution < 1.29 is 19.1 Å². The van der Waals surface area contributed by atoms with E-state index in [4.69, 9.17) is 27.9 Å². The van der Waals surface area contributed by atoms with Crippen LogP contribution >= 0.6 is 23.2 Å². The van der Waals surface area contributed by atoms with Crippen LogP contribution in [0.3, 0.4) is 0 Å². The second-order valence-corrected chi connectivity index (χ2v) is 10.5. The summed E-state index contributed by atoms with van der Waals surface area (Å²) in [5.74, 6) is 0.619. The average Bonchev–Trinajstić information content (AvgIpc) is 3.27. The van der Waals surface area contributed by atoms with E-state index < -0.39 is 6.04 Å². The fraction of sp³-hybridized carbons (Fsp3) is 0.393. The smallest absolute Gasteiger partial charge is 0.322 e. The number of nitrogens with one attached hydrogen (secondary N) is 1. The topological polar surface area (TPSA) is 85.4 Å². The third-order valence-corrected chi connectivity index (χ3v) is 8.10. The minimum atomic E-state index is -0.684. The molecule has 206 valence electrons. The van der Waals surface area contributed by atoms with Gasteiger partial charge in [-0.15, -0.1) is 0 Å². The van der Waals surface area contributed by atoms with Crippen LogP contribution in [0.25, 0.3) is 0 Å². The van der Waals surface area contributed by atoms with Crippen LogP contribution in [-0.2, 0) is 9.59 Å². The Hall–Kier alpha value is -3.43. The number of benzene rings is 2. The summed E-state index contributed by atoms with van der Waals surface area (Å²) in [5, 5.41) is 3.77. The van der Waals surface area contributed by atoms with Gasteiger partial charge in [0.05, 0.1) is 36.7 Å². The number of rotatable bonds is 7. The highest BCUT2D eigenvalue weighted by Gasteiger charge is 2.44. The van der Waals surface area contributed by atoms with E-state index in [2.05, 4.69) is 10.2 Å². The standard InChI is InChI=1S/C28H31Cl2N5O4/c1-3-35-22-17-34(27(37)25(22)26(31-28(35)38)19-9-8-18(29)16-20(19)30)11-10-24(36)33-14-12-32(13-15-33)21-6-4-5-7-23(21)39-2/h4-9,16,26H,3,10-15,17H2,1-2H3,(H,31,38). The predicted octanol–water partition coefficient (Wildman–Crippen LogP) is 3.92. The van der Waals surface area contributed by atoms with Crippen LogP contribution in [0.1, 0.15) is 24.9 Å². The molecule has 4 amide bonds. The highest BCUT2D eigenvalue weighted by Crippen LogP contribution is 2.39. The van der Waals surface area contributed by atoms with Crippen LogP contribution in [-0.4, -0.2) is 85.5 Å². The van der Waals surface area contributed by atoms with Gasteiger partial charge in [0.1, 0.15) is 5.75 Å². The van der Waals surface area contributed by atoms with Crippen molar-refractivity contribution in [3.63, 3.8) is 0 Å². The van der Waals surface area contributed by atoms with Crippen molar-refractivity contribution in [2.45, 2.75) is 19.4 Å². The third-order valence-electron chi connectivity index (χ3n) is 7.54. The molecule has 2 aromatic carbocycles. The molecule has 3 aliphatic heterocycles. The van der Waals surface area contributed by atoms with Crippen LogP contribution in [0.15, 0.2) is 53.7 Å². The normalized spacial score (nSPS) is 19.4. The number of hydrogen-bond donors (Lipinski definition) is 1. The minimum absolute atomic E-state index is 0.00573. The fourth-order valence-corrected chi connectivity index (χ4v) is 6.03. The molecule has 0 bridgehead atoms. The van der Waals surface area contributed by atoms with Crippen LogP contribution in [0.4, 0.5) is 10.5 Å². The predicted molar refractivity (Wildman–Crippen MR) is 150 cm³/mol. The number of nitrogens with zero attached hydrogens (tertiary/aromatic N) is 4. The summed E-state index contributed by atoms with van der Waals surface area (Å²) in [7, 11) is 1.66. The van der Waals surface area contributed by atoms with Crippen molar-refractivity contribution in [1.82, 2.24) is 20.0 Å². The molecule has 1 fully saturated rings. The van der Waals surface area contributed by atoms with E-state index in [-0.39, 0.29) is 37.4 Å². The molecule has 0 aliphatic carbocycles. The molecule has 3 heterocycles. The van der Waals surface area contributed by atoms with Crippen molar-refractivity contribution in [2.24, 2.45) is 0 Å². The summed E-state index contributed by atoms with van der Waals surface area (Å²) >= 11 is 12.5. The van der Waals surface area contributed by atoms with E-state index in [1.807, 2.05) is 36.1 Å². The first-order valence-electron chi connectivity index (χ1n) is 13.0. The molecule has 0 saturated carbocycles. The highest BCUT2D eigenvalue weighted by atomic mass is 35.5. The Balaban J connectivity index is 1.24. The van der Waals surface area contributed by atoms with Gasteiger partial charge in [-0.05, 0) is 36.8 Å². The molecule has 11 heteroatoms. The molecule has 1 saturated heterocycles. The number of carbonyl (C=O) groups excluding carboxylic acids is 3. The zero-order valence-electron chi connectivity index (χ0n) is 22.0. The number of methoxy groups -OCH3 is 1. The minimum Gasteiger partial charge on any atom is -0.495 e. The average molecular weight is 572 g/mol. The van der Waals surface area contributed by atoms with E-state index in [9.17, 15) is 14.4 Å². The van der Waals surface area contributed by atoms with Gasteiger partial charge in [-0.2, -0.15) is 0 Å². The molecule has 2 aromatic rings. The summed E-state index contributed by atoms with van der Waals surface area (Å²) < 4.78 is 5.48. The lowest BCUT2D eigenvalue weighted by atomic mass is 9.95. The first kappa shape index (κ1) is 27.1. The van der Waals surface area contributed by atoms with Gasteiger partial charge < -0.3 is 24.8 Å². The monoisotopic (exact) mass is 571 g/mol. The van der Waals surface area contributed by atoms with Gasteiger partial charge in [-0.1, -0.05) is 41.4 Å². The Morgan fingerprint density at radius 3 is 2.51 bits per heavy atom. The molecule has 3 aliphatic rings. The van der Waals surface area contributed by atoms with E-state index in [1.165, 1.54) is 0 Å². The Morgan fingerprint density at radius 1 is 1.08 bits per heavy atom. The molecule has 0 radical (unpaired) electrons. The number of para-hydroxylation sites is 2. The molecular formula is C28H31Cl2N5O4. The zero-order chi connectivity index (χ0) is 27.7. The SMILES string of the molecule is CCN1C(=O)NC(c2ccc(Cl)cc2Cl)C2=C1CN(CCC(=O)N1CCN(c3ccccc3OC)CC1)C2=O. The third kappa shape index (κ3) is 5.25. The van der Waals surface area contributed by atoms with Crippen LogP contribution < -0.4 is 15.0 Å². The molecule has 0 spiro atoms. The number of ether oxygens (including phenoxy) is 1. The molecular weight excluding hydrogens is 541 g/mol. The second-order valence-electron chi connectivity index (χ2n) is 9.67. The van der Waals surface area contributed by atoms with Crippen LogP contribution in [0.5, 0.6) is 5.75 Å². The number of hydrogen-bond acceptors (Lipinski definition) is 5. The number of likely N-dealkylation sites (N-methyl/N-ethyl adjacent to an activating group) is 1. The Morgan fingerprint density at radius 2 is 1.82 bits per heavy atom. The lowest BCUT2D eigenvalue weighted by Crippen LogP contribution is -2.49. The lowest BCUT2D eigenvalue weighted by Gasteiger charge is -2.36. The van der Waals surface area contributed by atoms with Gasteiger partial charge in [0, 0.05) is 55.7 Å². The number of piperazine rings is 1. The van der Waals surface area contributed by atoms with Crippen molar-refractivity contribution in [3.05, 3.63) is 69.3 Å². The number of urea groups is 1.